The molecule has 0 radical (unpaired) electrons. The van der Waals surface area contributed by atoms with Gasteiger partial charge in [-0.05, 0) is 12.5 Å². The topological polar surface area (TPSA) is 94.5 Å². The molecule has 1 aromatic carbocycles. The Kier molecular flexibility index (Phi) is 7.02. The van der Waals surface area contributed by atoms with Crippen molar-refractivity contribution in [3.05, 3.63) is 57.1 Å². The Hall–Kier alpha value is -2.42. The summed E-state index contributed by atoms with van der Waals surface area (Å²) in [5.41, 5.74) is 0.862. The van der Waals surface area contributed by atoms with Gasteiger partial charge in [0.25, 0.3) is 5.56 Å². The van der Waals surface area contributed by atoms with Crippen molar-refractivity contribution in [2.24, 2.45) is 0 Å². The minimum atomic E-state index is -0.524. The molecule has 1 atom stereocenters. The fourth-order valence-corrected chi connectivity index (χ4v) is 2.99. The Morgan fingerprint density at radius 1 is 1.43 bits per heavy atom. The van der Waals surface area contributed by atoms with Crippen LogP contribution in [0.5, 0.6) is 0 Å². The number of nitrogens with one attached hydrogen (secondary N) is 2. The lowest BCUT2D eigenvalue weighted by Crippen LogP contribution is -2.46. The molecule has 2 aromatic rings. The molecule has 0 unspecified atom stereocenters. The zero-order valence-corrected chi connectivity index (χ0v) is 16.4. The molecule has 8 nitrogen and oxygen atoms in total. The van der Waals surface area contributed by atoms with E-state index in [0.29, 0.717) is 25.5 Å². The van der Waals surface area contributed by atoms with Crippen molar-refractivity contribution in [3.63, 3.8) is 0 Å². The van der Waals surface area contributed by atoms with Gasteiger partial charge in [0.15, 0.2) is 11.0 Å². The predicted molar refractivity (Wildman–Crippen MR) is 106 cm³/mol. The van der Waals surface area contributed by atoms with E-state index >= 15 is 0 Å². The number of aromatic nitrogens is 2. The smallest absolute Gasteiger partial charge is 0.326 e. The molecule has 3 rings (SSSR count). The molecule has 28 heavy (non-hydrogen) atoms. The first kappa shape index (κ1) is 20.3. The standard InChI is InChI=1S/C19H23ClN4O4/c1-13-17(20)23-18(22-9-15-12-27-8-7-21-15)19(26)24(13)10-16(25)28-11-14-5-3-2-4-6-14/h2-6,15,21H,7-12H2,1H3,(H,22,23)/t15-/m0/s1. The van der Waals surface area contributed by atoms with Crippen LogP contribution >= 0.6 is 11.6 Å². The molecule has 0 spiro atoms. The number of nitrogens with zero attached hydrogens (tertiary/aromatic N) is 2. The third-order valence-electron chi connectivity index (χ3n) is 4.41. The lowest BCUT2D eigenvalue weighted by molar-refractivity contribution is -0.145. The molecule has 1 aliphatic rings. The van der Waals surface area contributed by atoms with E-state index < -0.39 is 11.5 Å². The van der Waals surface area contributed by atoms with Gasteiger partial charge in [-0.25, -0.2) is 4.98 Å². The Morgan fingerprint density at radius 3 is 2.93 bits per heavy atom. The number of hydrogen-bond donors (Lipinski definition) is 2. The van der Waals surface area contributed by atoms with E-state index in [1.807, 2.05) is 30.3 Å². The lowest BCUT2D eigenvalue weighted by Gasteiger charge is -2.24. The summed E-state index contributed by atoms with van der Waals surface area (Å²) in [5.74, 6) is -0.427. The second-order valence-electron chi connectivity index (χ2n) is 6.48. The molecule has 1 aliphatic heterocycles. The highest BCUT2D eigenvalue weighted by Crippen LogP contribution is 2.13. The molecular weight excluding hydrogens is 384 g/mol. The van der Waals surface area contributed by atoms with Crippen LogP contribution in [0.4, 0.5) is 5.82 Å². The van der Waals surface area contributed by atoms with Crippen LogP contribution in [0.1, 0.15) is 11.3 Å². The Balaban J connectivity index is 1.66. The van der Waals surface area contributed by atoms with Gasteiger partial charge in [-0.3, -0.25) is 14.2 Å². The predicted octanol–water partition coefficient (Wildman–Crippen LogP) is 1.35. The first-order chi connectivity index (χ1) is 13.5. The van der Waals surface area contributed by atoms with E-state index in [0.717, 1.165) is 12.1 Å². The van der Waals surface area contributed by atoms with Gasteiger partial charge in [0, 0.05) is 19.1 Å². The number of anilines is 1. The van der Waals surface area contributed by atoms with E-state index in [9.17, 15) is 9.59 Å². The summed E-state index contributed by atoms with van der Waals surface area (Å²) in [6.07, 6.45) is 0. The lowest BCUT2D eigenvalue weighted by atomic mass is 10.2. The largest absolute Gasteiger partial charge is 0.459 e. The second-order valence-corrected chi connectivity index (χ2v) is 6.84. The van der Waals surface area contributed by atoms with Crippen molar-refractivity contribution in [2.75, 3.05) is 31.6 Å². The molecule has 9 heteroatoms. The normalized spacial score (nSPS) is 16.6. The highest BCUT2D eigenvalue weighted by Gasteiger charge is 2.18. The Labute approximate surface area is 167 Å². The molecule has 2 N–H and O–H groups in total. The van der Waals surface area contributed by atoms with E-state index in [1.165, 1.54) is 4.57 Å². The molecule has 1 aromatic heterocycles. The van der Waals surface area contributed by atoms with Crippen LogP contribution in [0.3, 0.4) is 0 Å². The van der Waals surface area contributed by atoms with E-state index in [-0.39, 0.29) is 30.2 Å². The van der Waals surface area contributed by atoms with E-state index in [2.05, 4.69) is 15.6 Å². The number of halogens is 1. The number of esters is 1. The SMILES string of the molecule is Cc1c(Cl)nc(NC[C@H]2COCCN2)c(=O)n1CC(=O)OCc1ccccc1. The van der Waals surface area contributed by atoms with Crippen molar-refractivity contribution in [1.29, 1.82) is 0 Å². The van der Waals surface area contributed by atoms with E-state index in [1.54, 1.807) is 6.92 Å². The number of carbonyl (C=O) groups is 1. The van der Waals surface area contributed by atoms with Gasteiger partial charge in [0.05, 0.1) is 18.9 Å². The highest BCUT2D eigenvalue weighted by atomic mass is 35.5. The zero-order chi connectivity index (χ0) is 19.9. The maximum Gasteiger partial charge on any atom is 0.326 e. The molecular formula is C19H23ClN4O4. The van der Waals surface area contributed by atoms with Gasteiger partial charge in [0.2, 0.25) is 0 Å². The van der Waals surface area contributed by atoms with Crippen molar-refractivity contribution in [2.45, 2.75) is 26.1 Å². The summed E-state index contributed by atoms with van der Waals surface area (Å²) < 4.78 is 11.9. The monoisotopic (exact) mass is 406 g/mol. The van der Waals surface area contributed by atoms with E-state index in [4.69, 9.17) is 21.1 Å². The summed E-state index contributed by atoms with van der Waals surface area (Å²) >= 11 is 6.17. The van der Waals surface area contributed by atoms with Crippen molar-refractivity contribution in [1.82, 2.24) is 14.9 Å². The number of morpholine rings is 1. The Morgan fingerprint density at radius 2 is 2.21 bits per heavy atom. The number of ether oxygens (including phenoxy) is 2. The van der Waals surface area contributed by atoms with Crippen LogP contribution in [0, 0.1) is 6.92 Å². The fraction of sp³-hybridized carbons (Fsp3) is 0.421. The van der Waals surface area contributed by atoms with Crippen molar-refractivity contribution < 1.29 is 14.3 Å². The highest BCUT2D eigenvalue weighted by molar-refractivity contribution is 6.30. The van der Waals surface area contributed by atoms with Gasteiger partial charge in [-0.2, -0.15) is 0 Å². The van der Waals surface area contributed by atoms with Crippen LogP contribution in [-0.2, 0) is 27.4 Å². The average molecular weight is 407 g/mol. The summed E-state index contributed by atoms with van der Waals surface area (Å²) in [6, 6.07) is 9.41. The third kappa shape index (κ3) is 5.31. The van der Waals surface area contributed by atoms with Crippen LogP contribution in [0.2, 0.25) is 5.15 Å². The van der Waals surface area contributed by atoms with Crippen LogP contribution in [0.25, 0.3) is 0 Å². The molecule has 0 bridgehead atoms. The summed E-state index contributed by atoms with van der Waals surface area (Å²) in [4.78, 5) is 29.1. The van der Waals surface area contributed by atoms with Crippen LogP contribution in [0.15, 0.2) is 35.1 Å². The summed E-state index contributed by atoms with van der Waals surface area (Å²) in [7, 11) is 0. The zero-order valence-electron chi connectivity index (χ0n) is 15.6. The molecule has 1 fully saturated rings. The van der Waals surface area contributed by atoms with Crippen molar-refractivity contribution >= 4 is 23.4 Å². The molecule has 150 valence electrons. The fourth-order valence-electron chi connectivity index (χ4n) is 2.81. The van der Waals surface area contributed by atoms with Gasteiger partial charge < -0.3 is 20.1 Å². The third-order valence-corrected chi connectivity index (χ3v) is 4.76. The first-order valence-electron chi connectivity index (χ1n) is 9.06. The Bertz CT molecular complexity index is 866. The molecule has 1 saturated heterocycles. The number of carbonyl (C=O) groups excluding carboxylic acids is 1. The summed E-state index contributed by atoms with van der Waals surface area (Å²) in [6.45, 7) is 3.98. The van der Waals surface area contributed by atoms with Crippen LogP contribution < -0.4 is 16.2 Å². The minimum Gasteiger partial charge on any atom is -0.459 e. The van der Waals surface area contributed by atoms with Gasteiger partial charge >= 0.3 is 5.97 Å². The maximum absolute atomic E-state index is 12.7. The van der Waals surface area contributed by atoms with Crippen LogP contribution in [-0.4, -0.2) is 47.9 Å². The number of benzene rings is 1. The summed E-state index contributed by atoms with van der Waals surface area (Å²) in [5, 5.41) is 6.44. The van der Waals surface area contributed by atoms with Gasteiger partial charge in [0.1, 0.15) is 13.2 Å². The molecule has 2 heterocycles. The first-order valence-corrected chi connectivity index (χ1v) is 9.44. The number of hydrogen-bond acceptors (Lipinski definition) is 7. The van der Waals surface area contributed by atoms with Crippen molar-refractivity contribution in [3.8, 4) is 0 Å². The maximum atomic E-state index is 12.7. The quantitative estimate of drug-likeness (QED) is 0.670. The minimum absolute atomic E-state index is 0.0688. The average Bonchev–Trinajstić information content (AvgIpc) is 2.73. The molecule has 0 saturated carbocycles. The van der Waals surface area contributed by atoms with Gasteiger partial charge in [-0.15, -0.1) is 0 Å². The number of rotatable bonds is 7. The van der Waals surface area contributed by atoms with Gasteiger partial charge in [-0.1, -0.05) is 41.9 Å². The molecule has 0 amide bonds. The molecule has 0 aliphatic carbocycles. The second kappa shape index (κ2) is 9.68.